The zero-order valence-corrected chi connectivity index (χ0v) is 14.3. The maximum atomic E-state index is 12.9. The molecule has 0 aliphatic heterocycles. The first-order valence-corrected chi connectivity index (χ1v) is 7.70. The van der Waals surface area contributed by atoms with Crippen molar-refractivity contribution in [1.82, 2.24) is 9.78 Å². The Morgan fingerprint density at radius 3 is 2.56 bits per heavy atom. The first kappa shape index (κ1) is 18.8. The number of benzene rings is 1. The van der Waals surface area contributed by atoms with Crippen LogP contribution in [0.1, 0.15) is 30.5 Å². The van der Waals surface area contributed by atoms with Crippen LogP contribution in [0.15, 0.2) is 43.2 Å². The van der Waals surface area contributed by atoms with Gasteiger partial charge in [0, 0.05) is 11.9 Å². The molecule has 0 spiro atoms. The van der Waals surface area contributed by atoms with Gasteiger partial charge in [-0.05, 0) is 56.5 Å². The molecule has 0 fully saturated rings. The Hall–Kier alpha value is -2.57. The van der Waals surface area contributed by atoms with Crippen LogP contribution in [0, 0.1) is 6.92 Å². The first-order valence-electron chi connectivity index (χ1n) is 7.70. The number of allylic oxidation sites excluding steroid dienone is 1. The summed E-state index contributed by atoms with van der Waals surface area (Å²) in [5, 5.41) is 6.85. The number of amides is 1. The highest BCUT2D eigenvalue weighted by atomic mass is 19.4. The number of rotatable bonds is 5. The maximum Gasteiger partial charge on any atom is 0.416 e. The summed E-state index contributed by atoms with van der Waals surface area (Å²) in [5.41, 5.74) is -0.171. The van der Waals surface area contributed by atoms with Crippen LogP contribution in [-0.4, -0.2) is 15.7 Å². The molecule has 2 aromatic rings. The Kier molecular flexibility index (Phi) is 5.06. The van der Waals surface area contributed by atoms with Crippen molar-refractivity contribution in [2.45, 2.75) is 38.9 Å². The number of alkyl halides is 3. The standard InChI is InChI=1S/C18H20F3N3O/c1-5-6-13-9-14(18(19,20)21)7-8-15(13)23-16(25)17(3,4)24-11-12(2)10-22-24/h5,7-11H,1,6H2,2-4H3,(H,23,25). The molecule has 0 atom stereocenters. The second kappa shape index (κ2) is 6.74. The van der Waals surface area contributed by atoms with E-state index in [-0.39, 0.29) is 12.3 Å². The summed E-state index contributed by atoms with van der Waals surface area (Å²) in [7, 11) is 0. The second-order valence-corrected chi connectivity index (χ2v) is 6.34. The Balaban J connectivity index is 2.32. The molecule has 1 N–H and O–H groups in total. The van der Waals surface area contributed by atoms with Crippen molar-refractivity contribution in [3.8, 4) is 0 Å². The van der Waals surface area contributed by atoms with Crippen LogP contribution in [0.3, 0.4) is 0 Å². The number of nitrogens with one attached hydrogen (secondary N) is 1. The molecule has 4 nitrogen and oxygen atoms in total. The summed E-state index contributed by atoms with van der Waals surface area (Å²) in [6.45, 7) is 8.79. The van der Waals surface area contributed by atoms with Gasteiger partial charge in [0.2, 0.25) is 0 Å². The third-order valence-electron chi connectivity index (χ3n) is 3.89. The van der Waals surface area contributed by atoms with Gasteiger partial charge in [-0.2, -0.15) is 18.3 Å². The van der Waals surface area contributed by atoms with E-state index in [2.05, 4.69) is 17.0 Å². The van der Waals surface area contributed by atoms with Crippen LogP contribution >= 0.6 is 0 Å². The van der Waals surface area contributed by atoms with Gasteiger partial charge in [0.25, 0.3) is 5.91 Å². The van der Waals surface area contributed by atoms with Gasteiger partial charge in [0.1, 0.15) is 5.54 Å². The number of anilines is 1. The maximum absolute atomic E-state index is 12.9. The number of aromatic nitrogens is 2. The summed E-state index contributed by atoms with van der Waals surface area (Å²) in [6.07, 6.45) is 0.631. The van der Waals surface area contributed by atoms with Crippen LogP contribution in [0.5, 0.6) is 0 Å². The fourth-order valence-corrected chi connectivity index (χ4v) is 2.31. The van der Waals surface area contributed by atoms with Crippen LogP contribution in [-0.2, 0) is 22.9 Å². The number of carbonyl (C=O) groups is 1. The van der Waals surface area contributed by atoms with Crippen LogP contribution in [0.2, 0.25) is 0 Å². The van der Waals surface area contributed by atoms with Gasteiger partial charge in [0.15, 0.2) is 0 Å². The topological polar surface area (TPSA) is 46.9 Å². The fraction of sp³-hybridized carbons (Fsp3) is 0.333. The summed E-state index contributed by atoms with van der Waals surface area (Å²) >= 11 is 0. The van der Waals surface area contributed by atoms with Crippen molar-refractivity contribution in [3.05, 3.63) is 59.9 Å². The average molecular weight is 351 g/mol. The van der Waals surface area contributed by atoms with Crippen LogP contribution in [0.4, 0.5) is 18.9 Å². The molecule has 134 valence electrons. The molecular weight excluding hydrogens is 331 g/mol. The zero-order chi connectivity index (χ0) is 18.8. The van der Waals surface area contributed by atoms with Crippen molar-refractivity contribution < 1.29 is 18.0 Å². The van der Waals surface area contributed by atoms with E-state index in [0.717, 1.165) is 17.7 Å². The van der Waals surface area contributed by atoms with E-state index in [0.29, 0.717) is 11.3 Å². The van der Waals surface area contributed by atoms with Gasteiger partial charge in [-0.1, -0.05) is 6.08 Å². The van der Waals surface area contributed by atoms with Gasteiger partial charge < -0.3 is 5.32 Å². The Morgan fingerprint density at radius 1 is 1.36 bits per heavy atom. The van der Waals surface area contributed by atoms with Crippen molar-refractivity contribution >= 4 is 11.6 Å². The molecule has 1 heterocycles. The van der Waals surface area contributed by atoms with Crippen LogP contribution < -0.4 is 5.32 Å². The summed E-state index contributed by atoms with van der Waals surface area (Å²) in [6, 6.07) is 3.25. The first-order chi connectivity index (χ1) is 11.6. The van der Waals surface area contributed by atoms with Gasteiger partial charge in [-0.25, -0.2) is 0 Å². The zero-order valence-electron chi connectivity index (χ0n) is 14.3. The van der Waals surface area contributed by atoms with Gasteiger partial charge in [-0.15, -0.1) is 6.58 Å². The highest BCUT2D eigenvalue weighted by molar-refractivity contribution is 5.96. The lowest BCUT2D eigenvalue weighted by atomic mass is 10.0. The predicted molar refractivity (Wildman–Crippen MR) is 90.3 cm³/mol. The van der Waals surface area contributed by atoms with Crippen molar-refractivity contribution in [2.24, 2.45) is 0 Å². The van der Waals surface area contributed by atoms with E-state index < -0.39 is 17.3 Å². The fourth-order valence-electron chi connectivity index (χ4n) is 2.31. The monoisotopic (exact) mass is 351 g/mol. The Labute approximate surface area is 144 Å². The molecule has 25 heavy (non-hydrogen) atoms. The molecule has 1 aromatic carbocycles. The molecular formula is C18H20F3N3O. The number of aryl methyl sites for hydroxylation is 1. The normalized spacial score (nSPS) is 12.1. The van der Waals surface area contributed by atoms with Crippen molar-refractivity contribution in [3.63, 3.8) is 0 Å². The lowest BCUT2D eigenvalue weighted by Crippen LogP contribution is -2.40. The number of nitrogens with zero attached hydrogens (tertiary/aromatic N) is 2. The lowest BCUT2D eigenvalue weighted by Gasteiger charge is -2.25. The summed E-state index contributed by atoms with van der Waals surface area (Å²) in [5.74, 6) is -0.374. The minimum absolute atomic E-state index is 0.209. The summed E-state index contributed by atoms with van der Waals surface area (Å²) < 4.78 is 40.2. The number of hydrogen-bond acceptors (Lipinski definition) is 2. The number of carbonyl (C=O) groups excluding carboxylic acids is 1. The van der Waals surface area contributed by atoms with E-state index >= 15 is 0 Å². The quantitative estimate of drug-likeness (QED) is 0.816. The molecule has 1 aromatic heterocycles. The third kappa shape index (κ3) is 4.10. The molecule has 2 rings (SSSR count). The van der Waals surface area contributed by atoms with Gasteiger partial charge in [0.05, 0.1) is 11.8 Å². The Bertz CT molecular complexity index is 791. The SMILES string of the molecule is C=CCc1cc(C(F)(F)F)ccc1NC(=O)C(C)(C)n1cc(C)cn1. The molecule has 0 aliphatic rings. The minimum atomic E-state index is -4.44. The molecule has 1 amide bonds. The molecule has 7 heteroatoms. The molecule has 0 saturated heterocycles. The highest BCUT2D eigenvalue weighted by Crippen LogP contribution is 2.32. The van der Waals surface area contributed by atoms with Crippen molar-refractivity contribution in [1.29, 1.82) is 0 Å². The number of hydrogen-bond donors (Lipinski definition) is 1. The molecule has 0 bridgehead atoms. The molecule has 0 radical (unpaired) electrons. The lowest BCUT2D eigenvalue weighted by molar-refractivity contribution is -0.137. The Morgan fingerprint density at radius 2 is 2.04 bits per heavy atom. The third-order valence-corrected chi connectivity index (χ3v) is 3.89. The highest BCUT2D eigenvalue weighted by Gasteiger charge is 2.33. The van der Waals surface area contributed by atoms with E-state index in [1.165, 1.54) is 16.8 Å². The predicted octanol–water partition coefficient (Wildman–Crippen LogP) is 4.31. The van der Waals surface area contributed by atoms with E-state index in [1.807, 2.05) is 6.92 Å². The van der Waals surface area contributed by atoms with Crippen molar-refractivity contribution in [2.75, 3.05) is 5.32 Å². The molecule has 0 saturated carbocycles. The van der Waals surface area contributed by atoms with E-state index in [4.69, 9.17) is 0 Å². The average Bonchev–Trinajstić information content (AvgIpc) is 2.95. The van der Waals surface area contributed by atoms with Gasteiger partial charge >= 0.3 is 6.18 Å². The van der Waals surface area contributed by atoms with E-state index in [1.54, 1.807) is 26.2 Å². The molecule has 0 unspecified atom stereocenters. The van der Waals surface area contributed by atoms with E-state index in [9.17, 15) is 18.0 Å². The smallest absolute Gasteiger partial charge is 0.324 e. The number of halogens is 3. The van der Waals surface area contributed by atoms with Crippen LogP contribution in [0.25, 0.3) is 0 Å². The largest absolute Gasteiger partial charge is 0.416 e. The van der Waals surface area contributed by atoms with Gasteiger partial charge in [-0.3, -0.25) is 9.48 Å². The molecule has 0 aliphatic carbocycles. The summed E-state index contributed by atoms with van der Waals surface area (Å²) in [4.78, 5) is 12.7. The minimum Gasteiger partial charge on any atom is -0.324 e. The second-order valence-electron chi connectivity index (χ2n) is 6.34.